The molecule has 1 rings (SSSR count). The Morgan fingerprint density at radius 2 is 1.61 bits per heavy atom. The van der Waals surface area contributed by atoms with E-state index in [0.29, 0.717) is 5.92 Å². The van der Waals surface area contributed by atoms with Gasteiger partial charge in [0.15, 0.2) is 0 Å². The van der Waals surface area contributed by atoms with Gasteiger partial charge in [-0.3, -0.25) is 0 Å². The highest BCUT2D eigenvalue weighted by Crippen LogP contribution is 2.18. The van der Waals surface area contributed by atoms with Gasteiger partial charge in [-0.25, -0.2) is 0 Å². The molecule has 0 fully saturated rings. The summed E-state index contributed by atoms with van der Waals surface area (Å²) in [6.45, 7) is 14.7. The molecule has 1 aromatic rings. The average Bonchev–Trinajstić information content (AvgIpc) is 2.28. The summed E-state index contributed by atoms with van der Waals surface area (Å²) in [7, 11) is 0. The van der Waals surface area contributed by atoms with E-state index < -0.39 is 0 Å². The van der Waals surface area contributed by atoms with Crippen molar-refractivity contribution in [3.8, 4) is 0 Å². The summed E-state index contributed by atoms with van der Waals surface area (Å²) in [4.78, 5) is 0. The second-order valence-electron chi connectivity index (χ2n) is 5.35. The van der Waals surface area contributed by atoms with Crippen molar-refractivity contribution in [1.82, 2.24) is 0 Å². The molecule has 0 saturated carbocycles. The fourth-order valence-electron chi connectivity index (χ4n) is 1.91. The van der Waals surface area contributed by atoms with Crippen LogP contribution in [-0.4, -0.2) is 0 Å². The van der Waals surface area contributed by atoms with Gasteiger partial charge in [-0.15, -0.1) is 0 Å². The lowest BCUT2D eigenvalue weighted by Crippen LogP contribution is -1.86. The van der Waals surface area contributed by atoms with Gasteiger partial charge in [0.05, 0.1) is 0 Å². The maximum atomic E-state index is 4.02. The SMILES string of the molecule is C=C(C)C(/C=C/c1ccc(C(C)C)cc1)=C(C)C. The Bertz CT molecular complexity index is 463. The van der Waals surface area contributed by atoms with E-state index in [9.17, 15) is 0 Å². The number of rotatable bonds is 4. The molecule has 0 aliphatic carbocycles. The van der Waals surface area contributed by atoms with E-state index in [4.69, 9.17) is 0 Å². The van der Waals surface area contributed by atoms with Crippen LogP contribution in [0.4, 0.5) is 0 Å². The zero-order chi connectivity index (χ0) is 13.7. The highest BCUT2D eigenvalue weighted by molar-refractivity contribution is 5.57. The Balaban J connectivity index is 2.91. The third-order valence-corrected chi connectivity index (χ3v) is 3.04. The molecule has 0 bridgehead atoms. The summed E-state index contributed by atoms with van der Waals surface area (Å²) in [6.07, 6.45) is 4.31. The van der Waals surface area contributed by atoms with Crippen LogP contribution in [0, 0.1) is 0 Å². The van der Waals surface area contributed by atoms with Gasteiger partial charge >= 0.3 is 0 Å². The Hall–Kier alpha value is -1.56. The van der Waals surface area contributed by atoms with E-state index in [-0.39, 0.29) is 0 Å². The first-order valence-electron chi connectivity index (χ1n) is 6.53. The van der Waals surface area contributed by atoms with Crippen LogP contribution in [0.3, 0.4) is 0 Å². The summed E-state index contributed by atoms with van der Waals surface area (Å²) < 4.78 is 0. The van der Waals surface area contributed by atoms with Gasteiger partial charge in [-0.05, 0) is 43.4 Å². The van der Waals surface area contributed by atoms with Crippen LogP contribution >= 0.6 is 0 Å². The molecule has 0 heteroatoms. The Labute approximate surface area is 112 Å². The molecule has 0 amide bonds. The van der Waals surface area contributed by atoms with Crippen molar-refractivity contribution in [2.45, 2.75) is 40.5 Å². The number of benzene rings is 1. The molecule has 18 heavy (non-hydrogen) atoms. The van der Waals surface area contributed by atoms with Crippen LogP contribution in [0.5, 0.6) is 0 Å². The molecule has 0 atom stereocenters. The molecule has 0 unspecified atom stereocenters. The van der Waals surface area contributed by atoms with Crippen molar-refractivity contribution in [2.75, 3.05) is 0 Å². The van der Waals surface area contributed by atoms with E-state index in [1.807, 2.05) is 0 Å². The van der Waals surface area contributed by atoms with Gasteiger partial charge < -0.3 is 0 Å². The van der Waals surface area contributed by atoms with Crippen molar-refractivity contribution in [3.05, 3.63) is 64.8 Å². The van der Waals surface area contributed by atoms with Gasteiger partial charge in [0.25, 0.3) is 0 Å². The van der Waals surface area contributed by atoms with E-state index in [1.165, 1.54) is 22.3 Å². The van der Waals surface area contributed by atoms with Gasteiger partial charge in [-0.1, -0.05) is 68.0 Å². The van der Waals surface area contributed by atoms with Crippen molar-refractivity contribution in [2.24, 2.45) is 0 Å². The summed E-state index contributed by atoms with van der Waals surface area (Å²) in [5.41, 5.74) is 6.28. The lowest BCUT2D eigenvalue weighted by Gasteiger charge is -2.06. The number of allylic oxidation sites excluding steroid dienone is 4. The normalized spacial score (nSPS) is 11.0. The summed E-state index contributed by atoms with van der Waals surface area (Å²) in [6, 6.07) is 8.75. The van der Waals surface area contributed by atoms with E-state index in [0.717, 1.165) is 5.57 Å². The molecule has 96 valence electrons. The quantitative estimate of drug-likeness (QED) is 0.589. The predicted octanol–water partition coefficient (Wildman–Crippen LogP) is 5.74. The van der Waals surface area contributed by atoms with Gasteiger partial charge in [0.2, 0.25) is 0 Å². The van der Waals surface area contributed by atoms with Crippen LogP contribution < -0.4 is 0 Å². The second kappa shape index (κ2) is 6.39. The molecule has 0 nitrogen and oxygen atoms in total. The monoisotopic (exact) mass is 240 g/mol. The largest absolute Gasteiger partial charge is 0.0955 e. The fourth-order valence-corrected chi connectivity index (χ4v) is 1.91. The maximum absolute atomic E-state index is 4.02. The lowest BCUT2D eigenvalue weighted by atomic mass is 10.00. The number of hydrogen-bond donors (Lipinski definition) is 0. The Morgan fingerprint density at radius 3 is 2.00 bits per heavy atom. The smallest absolute Gasteiger partial charge is 0.0219 e. The molecule has 0 radical (unpaired) electrons. The van der Waals surface area contributed by atoms with Crippen LogP contribution in [-0.2, 0) is 0 Å². The summed E-state index contributed by atoms with van der Waals surface area (Å²) >= 11 is 0. The minimum absolute atomic E-state index is 0.590. The van der Waals surface area contributed by atoms with Crippen LogP contribution in [0.15, 0.2) is 53.6 Å². The summed E-state index contributed by atoms with van der Waals surface area (Å²) in [5, 5.41) is 0. The second-order valence-corrected chi connectivity index (χ2v) is 5.35. The fraction of sp³-hybridized carbons (Fsp3) is 0.333. The van der Waals surface area contributed by atoms with E-state index >= 15 is 0 Å². The van der Waals surface area contributed by atoms with Crippen molar-refractivity contribution < 1.29 is 0 Å². The van der Waals surface area contributed by atoms with Crippen molar-refractivity contribution in [1.29, 1.82) is 0 Å². The molecular formula is C18H24. The Kier molecular flexibility index (Phi) is 5.15. The predicted molar refractivity (Wildman–Crippen MR) is 82.8 cm³/mol. The van der Waals surface area contributed by atoms with Crippen LogP contribution in [0.2, 0.25) is 0 Å². The zero-order valence-electron chi connectivity index (χ0n) is 12.2. The molecule has 0 spiro atoms. The van der Waals surface area contributed by atoms with E-state index in [2.05, 4.69) is 77.6 Å². The van der Waals surface area contributed by atoms with Crippen LogP contribution in [0.25, 0.3) is 6.08 Å². The van der Waals surface area contributed by atoms with Gasteiger partial charge in [0, 0.05) is 0 Å². The maximum Gasteiger partial charge on any atom is -0.0219 e. The molecule has 0 N–H and O–H groups in total. The average molecular weight is 240 g/mol. The first kappa shape index (κ1) is 14.5. The molecular weight excluding hydrogens is 216 g/mol. The topological polar surface area (TPSA) is 0 Å². The highest BCUT2D eigenvalue weighted by atomic mass is 14.0. The van der Waals surface area contributed by atoms with Crippen molar-refractivity contribution in [3.63, 3.8) is 0 Å². The Morgan fingerprint density at radius 1 is 1.06 bits per heavy atom. The minimum Gasteiger partial charge on any atom is -0.0955 e. The summed E-state index contributed by atoms with van der Waals surface area (Å²) in [5.74, 6) is 0.590. The molecule has 0 aliphatic heterocycles. The molecule has 0 heterocycles. The van der Waals surface area contributed by atoms with Gasteiger partial charge in [0.1, 0.15) is 0 Å². The third kappa shape index (κ3) is 4.03. The van der Waals surface area contributed by atoms with Gasteiger partial charge in [-0.2, -0.15) is 0 Å². The molecule has 0 saturated heterocycles. The van der Waals surface area contributed by atoms with Crippen molar-refractivity contribution >= 4 is 6.08 Å². The number of hydrogen-bond acceptors (Lipinski definition) is 0. The highest BCUT2D eigenvalue weighted by Gasteiger charge is 1.98. The lowest BCUT2D eigenvalue weighted by molar-refractivity contribution is 0.866. The van der Waals surface area contributed by atoms with Crippen LogP contribution in [0.1, 0.15) is 51.7 Å². The first-order chi connectivity index (χ1) is 8.41. The minimum atomic E-state index is 0.590. The molecule has 1 aromatic carbocycles. The zero-order valence-corrected chi connectivity index (χ0v) is 12.2. The third-order valence-electron chi connectivity index (χ3n) is 3.04. The molecule has 0 aliphatic rings. The first-order valence-corrected chi connectivity index (χ1v) is 6.53. The molecule has 0 aromatic heterocycles. The standard InChI is InChI=1S/C18H24/c1-13(2)17-10-7-16(8-11-17)9-12-18(14(3)4)15(5)6/h7-13H,3H2,1-2,4-6H3/b12-9+. The van der Waals surface area contributed by atoms with E-state index in [1.54, 1.807) is 0 Å².